The van der Waals surface area contributed by atoms with Gasteiger partial charge in [-0.05, 0) is 60.2 Å². The predicted molar refractivity (Wildman–Crippen MR) is 167 cm³/mol. The molecule has 5 amide bonds. The molecule has 2 aromatic carbocycles. The quantitative estimate of drug-likeness (QED) is 0.376. The van der Waals surface area contributed by atoms with Gasteiger partial charge in [-0.15, -0.1) is 0 Å². The Balaban J connectivity index is 1.48. The molecule has 3 aliphatic rings. The van der Waals surface area contributed by atoms with E-state index >= 15 is 0 Å². The highest BCUT2D eigenvalue weighted by Gasteiger charge is 2.26. The molecular weight excluding hydrogens is 578 g/mol. The first-order chi connectivity index (χ1) is 21.6. The van der Waals surface area contributed by atoms with Crippen molar-refractivity contribution in [1.82, 2.24) is 26.2 Å². The van der Waals surface area contributed by atoms with Gasteiger partial charge in [0.25, 0.3) is 11.8 Å². The molecule has 2 bridgehead atoms. The van der Waals surface area contributed by atoms with Gasteiger partial charge in [-0.1, -0.05) is 26.0 Å². The van der Waals surface area contributed by atoms with Gasteiger partial charge in [-0.2, -0.15) is 0 Å². The van der Waals surface area contributed by atoms with Crippen molar-refractivity contribution in [1.29, 1.82) is 0 Å². The Morgan fingerprint density at radius 1 is 0.978 bits per heavy atom. The Hall–Kier alpha value is -4.61. The monoisotopic (exact) mass is 621 g/mol. The van der Waals surface area contributed by atoms with Gasteiger partial charge in [-0.25, -0.2) is 0 Å². The first-order valence-electron chi connectivity index (χ1n) is 15.5. The average molecular weight is 622 g/mol. The lowest BCUT2D eigenvalue weighted by atomic mass is 10.0. The van der Waals surface area contributed by atoms with Crippen LogP contribution in [0.2, 0.25) is 0 Å². The summed E-state index contributed by atoms with van der Waals surface area (Å²) in [5, 5.41) is 11.3. The second kappa shape index (κ2) is 15.9. The van der Waals surface area contributed by atoms with Gasteiger partial charge in [-0.3, -0.25) is 24.0 Å². The standard InChI is InChI=1S/C33H43N5O7/c1-21(2)17-27-33(43)38(3)15-14-34-30(40)20-45-25-9-6-22(7-10-25)18-26(32(42)35-13-4-5-29(39)36-27)37-31(41)24-8-11-28-23(19-24)12-16-44-28/h6-11,19,21,26-27H,4-5,12-18,20H2,1-3H3,(H,34,40)(H,35,42)(H,36,39)(H,37,41)/t26-,27-/m0/s1. The van der Waals surface area contributed by atoms with Crippen molar-refractivity contribution in [2.24, 2.45) is 5.92 Å². The van der Waals surface area contributed by atoms with Crippen LogP contribution in [0.1, 0.15) is 54.6 Å². The summed E-state index contributed by atoms with van der Waals surface area (Å²) < 4.78 is 11.1. The van der Waals surface area contributed by atoms with Gasteiger partial charge in [0.15, 0.2) is 6.61 Å². The smallest absolute Gasteiger partial charge is 0.258 e. The minimum absolute atomic E-state index is 0.109. The number of ether oxygens (including phenoxy) is 2. The molecule has 0 aliphatic carbocycles. The minimum Gasteiger partial charge on any atom is -0.493 e. The van der Waals surface area contributed by atoms with E-state index < -0.39 is 12.1 Å². The topological polar surface area (TPSA) is 155 Å². The maximum atomic E-state index is 13.3. The Morgan fingerprint density at radius 2 is 1.76 bits per heavy atom. The number of benzene rings is 2. The molecular formula is C33H43N5O7. The summed E-state index contributed by atoms with van der Waals surface area (Å²) in [5.41, 5.74) is 2.15. The van der Waals surface area contributed by atoms with Gasteiger partial charge in [0.1, 0.15) is 23.6 Å². The number of nitrogens with zero attached hydrogens (tertiary/aromatic N) is 1. The number of amides is 5. The van der Waals surface area contributed by atoms with Crippen LogP contribution in [0.3, 0.4) is 0 Å². The van der Waals surface area contributed by atoms with E-state index in [9.17, 15) is 24.0 Å². The van der Waals surface area contributed by atoms with Crippen LogP contribution in [0.4, 0.5) is 0 Å². The van der Waals surface area contributed by atoms with Crippen molar-refractivity contribution in [3.05, 3.63) is 59.2 Å². The fourth-order valence-electron chi connectivity index (χ4n) is 5.22. The first kappa shape index (κ1) is 33.3. The number of hydrogen-bond acceptors (Lipinski definition) is 7. The van der Waals surface area contributed by atoms with E-state index in [4.69, 9.17) is 9.47 Å². The van der Waals surface area contributed by atoms with Crippen molar-refractivity contribution in [3.8, 4) is 11.5 Å². The van der Waals surface area contributed by atoms with Crippen LogP contribution >= 0.6 is 0 Å². The number of nitrogens with one attached hydrogen (secondary N) is 4. The van der Waals surface area contributed by atoms with E-state index in [1.165, 1.54) is 4.90 Å². The van der Waals surface area contributed by atoms with E-state index in [1.807, 2.05) is 13.8 Å². The summed E-state index contributed by atoms with van der Waals surface area (Å²) in [6, 6.07) is 10.6. The zero-order chi connectivity index (χ0) is 32.3. The van der Waals surface area contributed by atoms with Crippen molar-refractivity contribution in [2.45, 2.75) is 58.0 Å². The van der Waals surface area contributed by atoms with Crippen LogP contribution in [-0.2, 0) is 32.0 Å². The fraction of sp³-hybridized carbons (Fsp3) is 0.485. The number of likely N-dealkylation sites (N-methyl/N-ethyl adjacent to an activating group) is 1. The number of carbonyl (C=O) groups is 5. The highest BCUT2D eigenvalue weighted by molar-refractivity contribution is 5.98. The second-order valence-electron chi connectivity index (χ2n) is 11.8. The molecule has 2 aromatic rings. The normalized spacial score (nSPS) is 20.5. The molecule has 0 fully saturated rings. The van der Waals surface area contributed by atoms with Gasteiger partial charge in [0.05, 0.1) is 6.61 Å². The minimum atomic E-state index is -0.894. The third kappa shape index (κ3) is 9.95. The molecule has 242 valence electrons. The Bertz CT molecular complexity index is 1380. The summed E-state index contributed by atoms with van der Waals surface area (Å²) >= 11 is 0. The average Bonchev–Trinajstić information content (AvgIpc) is 3.49. The Kier molecular flexibility index (Phi) is 11.8. The molecule has 0 spiro atoms. The number of hydrogen-bond donors (Lipinski definition) is 4. The molecule has 0 saturated carbocycles. The molecule has 12 heteroatoms. The lowest BCUT2D eigenvalue weighted by molar-refractivity contribution is -0.136. The summed E-state index contributed by atoms with van der Waals surface area (Å²) in [5.74, 6) is -0.262. The van der Waals surface area contributed by atoms with Crippen molar-refractivity contribution in [2.75, 3.05) is 39.9 Å². The van der Waals surface area contributed by atoms with Crippen LogP contribution in [0.5, 0.6) is 11.5 Å². The molecule has 5 rings (SSSR count). The van der Waals surface area contributed by atoms with Crippen molar-refractivity contribution >= 4 is 29.5 Å². The molecule has 0 radical (unpaired) electrons. The molecule has 3 heterocycles. The van der Waals surface area contributed by atoms with Gasteiger partial charge in [0.2, 0.25) is 17.7 Å². The highest BCUT2D eigenvalue weighted by Crippen LogP contribution is 2.26. The van der Waals surface area contributed by atoms with Crippen LogP contribution in [-0.4, -0.2) is 86.4 Å². The Morgan fingerprint density at radius 3 is 2.51 bits per heavy atom. The first-order valence-corrected chi connectivity index (χ1v) is 15.5. The SMILES string of the molecule is CC(C)C[C@@H]1NC(=O)CCCNC(=O)[C@@H](NC(=O)c2ccc3c(c2)CCO3)Cc2ccc(cc2)OCC(=O)NCCN(C)C1=O. The summed E-state index contributed by atoms with van der Waals surface area (Å²) in [7, 11) is 1.63. The zero-order valence-corrected chi connectivity index (χ0v) is 26.1. The number of carbonyl (C=O) groups excluding carboxylic acids is 5. The third-order valence-corrected chi connectivity index (χ3v) is 7.67. The van der Waals surface area contributed by atoms with E-state index in [0.29, 0.717) is 37.2 Å². The van der Waals surface area contributed by atoms with Crippen molar-refractivity contribution < 1.29 is 33.4 Å². The molecule has 0 unspecified atom stereocenters. The molecule has 4 N–H and O–H groups in total. The highest BCUT2D eigenvalue weighted by atomic mass is 16.5. The van der Waals surface area contributed by atoms with Gasteiger partial charge >= 0.3 is 0 Å². The van der Waals surface area contributed by atoms with Gasteiger partial charge < -0.3 is 35.6 Å². The molecule has 3 aliphatic heterocycles. The largest absolute Gasteiger partial charge is 0.493 e. The van der Waals surface area contributed by atoms with Crippen LogP contribution in [0.25, 0.3) is 0 Å². The molecule has 2 atom stereocenters. The molecule has 0 aromatic heterocycles. The van der Waals surface area contributed by atoms with E-state index in [0.717, 1.165) is 16.9 Å². The fourth-order valence-corrected chi connectivity index (χ4v) is 5.22. The lowest BCUT2D eigenvalue weighted by Gasteiger charge is -2.26. The summed E-state index contributed by atoms with van der Waals surface area (Å²) in [4.78, 5) is 66.3. The number of fused-ring (bicyclic) bond motifs is 20. The second-order valence-corrected chi connectivity index (χ2v) is 11.8. The molecule has 45 heavy (non-hydrogen) atoms. The summed E-state index contributed by atoms with van der Waals surface area (Å²) in [6.45, 7) is 5.02. The van der Waals surface area contributed by atoms with E-state index in [1.54, 1.807) is 49.5 Å². The van der Waals surface area contributed by atoms with E-state index in [-0.39, 0.29) is 74.5 Å². The van der Waals surface area contributed by atoms with Crippen LogP contribution < -0.4 is 30.7 Å². The predicted octanol–water partition coefficient (Wildman–Crippen LogP) is 1.36. The molecule has 0 saturated heterocycles. The Labute approximate surface area is 263 Å². The zero-order valence-electron chi connectivity index (χ0n) is 26.1. The maximum absolute atomic E-state index is 13.3. The van der Waals surface area contributed by atoms with E-state index in [2.05, 4.69) is 21.3 Å². The maximum Gasteiger partial charge on any atom is 0.258 e. The summed E-state index contributed by atoms with van der Waals surface area (Å²) in [6.07, 6.45) is 1.84. The van der Waals surface area contributed by atoms with Crippen LogP contribution in [0.15, 0.2) is 42.5 Å². The van der Waals surface area contributed by atoms with Crippen molar-refractivity contribution in [3.63, 3.8) is 0 Å². The van der Waals surface area contributed by atoms with Crippen LogP contribution in [0, 0.1) is 5.92 Å². The molecule has 12 nitrogen and oxygen atoms in total. The third-order valence-electron chi connectivity index (χ3n) is 7.67. The lowest BCUT2D eigenvalue weighted by Crippen LogP contribution is -2.50. The number of rotatable bonds is 4. The van der Waals surface area contributed by atoms with Gasteiger partial charge in [0, 0.05) is 51.5 Å².